The maximum atomic E-state index is 12.6. The van der Waals surface area contributed by atoms with Crippen molar-refractivity contribution < 1.29 is 14.3 Å². The molecule has 5 nitrogen and oxygen atoms in total. The summed E-state index contributed by atoms with van der Waals surface area (Å²) in [5, 5.41) is 5.84. The number of halogens is 3. The largest absolute Gasteiger partial charge is 0.482 e. The number of rotatable bonds is 2. The molecule has 1 aliphatic heterocycles. The van der Waals surface area contributed by atoms with Crippen LogP contribution < -0.4 is 15.4 Å². The number of hydrogen-bond donors (Lipinski definition) is 2. The summed E-state index contributed by atoms with van der Waals surface area (Å²) in [7, 11) is 0. The molecule has 0 spiro atoms. The van der Waals surface area contributed by atoms with Gasteiger partial charge in [-0.3, -0.25) is 9.59 Å². The number of carbonyl (C=O) groups excluding carboxylic acids is 2. The van der Waals surface area contributed by atoms with Crippen molar-refractivity contribution in [3.63, 3.8) is 0 Å². The fraction of sp³-hybridized carbons (Fsp3) is 0.125. The average molecular weight is 430 g/mol. The molecule has 1 heterocycles. The molecule has 0 fully saturated rings. The lowest BCUT2D eigenvalue weighted by atomic mass is 10.0. The summed E-state index contributed by atoms with van der Waals surface area (Å²) < 4.78 is 6.30. The van der Waals surface area contributed by atoms with Crippen molar-refractivity contribution in [2.75, 3.05) is 11.9 Å². The van der Waals surface area contributed by atoms with Crippen molar-refractivity contribution in [1.82, 2.24) is 5.32 Å². The van der Waals surface area contributed by atoms with Crippen LogP contribution in [0.1, 0.15) is 11.6 Å². The summed E-state index contributed by atoms with van der Waals surface area (Å²) in [6, 6.07) is 9.32. The van der Waals surface area contributed by atoms with E-state index in [1.807, 2.05) is 0 Å². The molecule has 2 N–H and O–H groups in total. The third kappa shape index (κ3) is 3.50. The second-order valence-electron chi connectivity index (χ2n) is 5.07. The van der Waals surface area contributed by atoms with E-state index in [-0.39, 0.29) is 22.4 Å². The third-order valence-corrected chi connectivity index (χ3v) is 4.73. The standard InChI is InChI=1S/C16H11BrCl2N2O3/c17-8-1-3-9(4-2-8)20-16(23)14-10-5-6-11(18)13(19)15(10)24-7-12(22)21-14/h1-6,14H,7H2,(H,20,23)(H,21,22). The molecule has 3 rings (SSSR count). The van der Waals surface area contributed by atoms with Gasteiger partial charge in [0.05, 0.1) is 5.02 Å². The summed E-state index contributed by atoms with van der Waals surface area (Å²) in [6.07, 6.45) is 0. The maximum Gasteiger partial charge on any atom is 0.258 e. The van der Waals surface area contributed by atoms with Gasteiger partial charge >= 0.3 is 0 Å². The Morgan fingerprint density at radius 3 is 2.62 bits per heavy atom. The first-order valence-electron chi connectivity index (χ1n) is 6.92. The quantitative estimate of drug-likeness (QED) is 0.759. The molecule has 0 aromatic heterocycles. The fourth-order valence-electron chi connectivity index (χ4n) is 2.29. The first kappa shape index (κ1) is 17.1. The molecule has 8 heteroatoms. The van der Waals surface area contributed by atoms with Gasteiger partial charge in [0.2, 0.25) is 0 Å². The van der Waals surface area contributed by atoms with E-state index in [2.05, 4.69) is 26.6 Å². The third-order valence-electron chi connectivity index (χ3n) is 3.42. The van der Waals surface area contributed by atoms with Crippen molar-refractivity contribution in [3.8, 4) is 5.75 Å². The molecule has 2 amide bonds. The molecule has 124 valence electrons. The predicted molar refractivity (Wildman–Crippen MR) is 95.6 cm³/mol. The van der Waals surface area contributed by atoms with Crippen LogP contribution in [0.5, 0.6) is 5.75 Å². The van der Waals surface area contributed by atoms with E-state index < -0.39 is 17.9 Å². The van der Waals surface area contributed by atoms with Gasteiger partial charge in [-0.1, -0.05) is 45.2 Å². The van der Waals surface area contributed by atoms with Gasteiger partial charge in [-0.2, -0.15) is 0 Å². The number of ether oxygens (including phenoxy) is 1. The summed E-state index contributed by atoms with van der Waals surface area (Å²) in [5.41, 5.74) is 1.05. The number of carbonyl (C=O) groups is 2. The zero-order valence-corrected chi connectivity index (χ0v) is 15.2. The van der Waals surface area contributed by atoms with Crippen LogP contribution in [0.3, 0.4) is 0 Å². The Kier molecular flexibility index (Phi) is 4.99. The Labute approximate surface area is 156 Å². The summed E-state index contributed by atoms with van der Waals surface area (Å²) in [6.45, 7) is -0.241. The number of benzene rings is 2. The van der Waals surface area contributed by atoms with Gasteiger partial charge in [0.25, 0.3) is 11.8 Å². The van der Waals surface area contributed by atoms with Crippen LogP contribution in [0.4, 0.5) is 5.69 Å². The Bertz CT molecular complexity index is 812. The SMILES string of the molecule is O=C1COc2c(ccc(Cl)c2Cl)C(C(=O)Nc2ccc(Br)cc2)N1. The van der Waals surface area contributed by atoms with E-state index in [1.165, 1.54) is 0 Å². The molecule has 2 aromatic rings. The van der Waals surface area contributed by atoms with Gasteiger partial charge in [-0.25, -0.2) is 0 Å². The molecule has 0 radical (unpaired) electrons. The highest BCUT2D eigenvalue weighted by Gasteiger charge is 2.31. The number of fused-ring (bicyclic) bond motifs is 1. The molecule has 0 saturated carbocycles. The molecule has 1 aliphatic rings. The van der Waals surface area contributed by atoms with Gasteiger partial charge < -0.3 is 15.4 Å². The minimum Gasteiger partial charge on any atom is -0.482 e. The lowest BCUT2D eigenvalue weighted by Gasteiger charge is -2.18. The fourth-order valence-corrected chi connectivity index (χ4v) is 2.93. The smallest absolute Gasteiger partial charge is 0.258 e. The van der Waals surface area contributed by atoms with Gasteiger partial charge in [-0.05, 0) is 30.3 Å². The van der Waals surface area contributed by atoms with Gasteiger partial charge in [0, 0.05) is 15.7 Å². The first-order valence-corrected chi connectivity index (χ1v) is 8.47. The summed E-state index contributed by atoms with van der Waals surface area (Å²) in [5.74, 6) is -0.594. The van der Waals surface area contributed by atoms with Crippen molar-refractivity contribution >= 4 is 56.6 Å². The van der Waals surface area contributed by atoms with E-state index >= 15 is 0 Å². The number of amides is 2. The van der Waals surface area contributed by atoms with E-state index in [4.69, 9.17) is 27.9 Å². The Balaban J connectivity index is 1.94. The Morgan fingerprint density at radius 2 is 1.92 bits per heavy atom. The van der Waals surface area contributed by atoms with Gasteiger partial charge in [0.1, 0.15) is 16.8 Å². The van der Waals surface area contributed by atoms with Crippen molar-refractivity contribution in [3.05, 3.63) is 56.5 Å². The van der Waals surface area contributed by atoms with Crippen molar-refractivity contribution in [2.24, 2.45) is 0 Å². The van der Waals surface area contributed by atoms with Crippen LogP contribution >= 0.6 is 39.1 Å². The molecule has 0 bridgehead atoms. The molecule has 0 saturated heterocycles. The molecular weight excluding hydrogens is 419 g/mol. The molecule has 0 aliphatic carbocycles. The monoisotopic (exact) mass is 428 g/mol. The lowest BCUT2D eigenvalue weighted by Crippen LogP contribution is -2.37. The zero-order chi connectivity index (χ0) is 17.3. The molecule has 1 unspecified atom stereocenters. The second kappa shape index (κ2) is 7.01. The van der Waals surface area contributed by atoms with Crippen molar-refractivity contribution in [1.29, 1.82) is 0 Å². The normalized spacial score (nSPS) is 16.5. The van der Waals surface area contributed by atoms with Crippen LogP contribution in [0.15, 0.2) is 40.9 Å². The van der Waals surface area contributed by atoms with E-state index in [0.717, 1.165) is 4.47 Å². The number of hydrogen-bond acceptors (Lipinski definition) is 3. The van der Waals surface area contributed by atoms with Crippen LogP contribution in [0.2, 0.25) is 10.0 Å². The highest BCUT2D eigenvalue weighted by Crippen LogP contribution is 2.39. The number of nitrogens with one attached hydrogen (secondary N) is 2. The Hall–Kier alpha value is -1.76. The molecule has 24 heavy (non-hydrogen) atoms. The lowest BCUT2D eigenvalue weighted by molar-refractivity contribution is -0.127. The molecule has 2 aromatic carbocycles. The van der Waals surface area contributed by atoms with Crippen LogP contribution in [-0.2, 0) is 9.59 Å². The second-order valence-corrected chi connectivity index (χ2v) is 6.77. The molecule has 1 atom stereocenters. The van der Waals surface area contributed by atoms with Crippen LogP contribution in [0, 0.1) is 0 Å². The Morgan fingerprint density at radius 1 is 1.21 bits per heavy atom. The summed E-state index contributed by atoms with van der Waals surface area (Å²) in [4.78, 5) is 24.5. The topological polar surface area (TPSA) is 67.4 Å². The van der Waals surface area contributed by atoms with Gasteiger partial charge in [0.15, 0.2) is 6.61 Å². The highest BCUT2D eigenvalue weighted by atomic mass is 79.9. The minimum absolute atomic E-state index is 0.173. The van der Waals surface area contributed by atoms with Gasteiger partial charge in [-0.15, -0.1) is 0 Å². The predicted octanol–water partition coefficient (Wildman–Crippen LogP) is 3.94. The van der Waals surface area contributed by atoms with E-state index in [1.54, 1.807) is 36.4 Å². The number of anilines is 1. The average Bonchev–Trinajstić information content (AvgIpc) is 2.73. The first-order chi connectivity index (χ1) is 11.5. The van der Waals surface area contributed by atoms with Crippen LogP contribution in [-0.4, -0.2) is 18.4 Å². The highest BCUT2D eigenvalue weighted by molar-refractivity contribution is 9.10. The van der Waals surface area contributed by atoms with E-state index in [9.17, 15) is 9.59 Å². The molecular formula is C16H11BrCl2N2O3. The van der Waals surface area contributed by atoms with E-state index in [0.29, 0.717) is 11.3 Å². The van der Waals surface area contributed by atoms with Crippen LogP contribution in [0.25, 0.3) is 0 Å². The minimum atomic E-state index is -0.937. The zero-order valence-electron chi connectivity index (χ0n) is 12.1. The summed E-state index contributed by atoms with van der Waals surface area (Å²) >= 11 is 15.5. The van der Waals surface area contributed by atoms with Crippen molar-refractivity contribution in [2.45, 2.75) is 6.04 Å². The maximum absolute atomic E-state index is 12.6.